The highest BCUT2D eigenvalue weighted by molar-refractivity contribution is 8.15. The molecule has 0 unspecified atom stereocenters. The van der Waals surface area contributed by atoms with Gasteiger partial charge in [0.15, 0.2) is 5.17 Å². The van der Waals surface area contributed by atoms with Crippen molar-refractivity contribution >= 4 is 51.7 Å². The van der Waals surface area contributed by atoms with Crippen molar-refractivity contribution in [2.75, 3.05) is 11.9 Å². The molecule has 1 aliphatic rings. The largest absolute Gasteiger partial charge is 0.326 e. The summed E-state index contributed by atoms with van der Waals surface area (Å²) in [6.07, 6.45) is 0.0228. The van der Waals surface area contributed by atoms with E-state index in [0.717, 1.165) is 0 Å². The number of hydrogen-bond acceptors (Lipinski definition) is 4. The average molecular weight is 406 g/mol. The van der Waals surface area contributed by atoms with Crippen molar-refractivity contribution in [1.82, 2.24) is 4.90 Å². The Kier molecular flexibility index (Phi) is 6.13. The molecule has 0 saturated carbocycles. The van der Waals surface area contributed by atoms with Gasteiger partial charge in [0.05, 0.1) is 5.69 Å². The van der Waals surface area contributed by atoms with E-state index in [2.05, 4.69) is 10.3 Å². The van der Waals surface area contributed by atoms with Gasteiger partial charge in [-0.05, 0) is 49.4 Å². The van der Waals surface area contributed by atoms with E-state index in [0.29, 0.717) is 28.1 Å². The van der Waals surface area contributed by atoms with Crippen LogP contribution in [0.1, 0.15) is 13.3 Å². The van der Waals surface area contributed by atoms with Gasteiger partial charge in [0.25, 0.3) is 0 Å². The number of halogens is 2. The molecule has 27 heavy (non-hydrogen) atoms. The normalized spacial score (nSPS) is 18.2. The van der Waals surface area contributed by atoms with Gasteiger partial charge in [0.1, 0.15) is 11.1 Å². The van der Waals surface area contributed by atoms with Crippen LogP contribution in [0.2, 0.25) is 5.02 Å². The Morgan fingerprint density at radius 2 is 2.04 bits per heavy atom. The molecule has 8 heteroatoms. The summed E-state index contributed by atoms with van der Waals surface area (Å²) >= 11 is 7.15. The number of amides is 2. The Morgan fingerprint density at radius 1 is 1.30 bits per heavy atom. The third-order valence-electron chi connectivity index (χ3n) is 3.87. The van der Waals surface area contributed by atoms with Gasteiger partial charge >= 0.3 is 0 Å². The van der Waals surface area contributed by atoms with E-state index >= 15 is 0 Å². The average Bonchev–Trinajstić information content (AvgIpc) is 2.91. The Bertz CT molecular complexity index is 889. The van der Waals surface area contributed by atoms with Crippen molar-refractivity contribution in [3.63, 3.8) is 0 Å². The van der Waals surface area contributed by atoms with Crippen LogP contribution in [-0.4, -0.2) is 33.7 Å². The molecule has 1 fully saturated rings. The first kappa shape index (κ1) is 19.4. The first-order valence-corrected chi connectivity index (χ1v) is 9.59. The van der Waals surface area contributed by atoms with E-state index in [1.54, 1.807) is 36.4 Å². The molecule has 0 bridgehead atoms. The number of thioether (sulfide) groups is 1. The van der Waals surface area contributed by atoms with Gasteiger partial charge in [0.2, 0.25) is 11.8 Å². The molecule has 2 amide bonds. The summed E-state index contributed by atoms with van der Waals surface area (Å²) in [6.45, 7) is 2.28. The predicted octanol–water partition coefficient (Wildman–Crippen LogP) is 4.46. The third-order valence-corrected chi connectivity index (χ3v) is 5.28. The van der Waals surface area contributed by atoms with Gasteiger partial charge in [-0.15, -0.1) is 0 Å². The number of anilines is 1. The minimum Gasteiger partial charge on any atom is -0.326 e. The molecule has 5 nitrogen and oxygen atoms in total. The lowest BCUT2D eigenvalue weighted by molar-refractivity contribution is -0.128. The maximum atomic E-state index is 13.0. The monoisotopic (exact) mass is 405 g/mol. The quantitative estimate of drug-likeness (QED) is 0.798. The van der Waals surface area contributed by atoms with E-state index in [1.807, 2.05) is 6.92 Å². The van der Waals surface area contributed by atoms with Crippen LogP contribution in [0.3, 0.4) is 0 Å². The molecule has 2 aromatic carbocycles. The van der Waals surface area contributed by atoms with Gasteiger partial charge in [0, 0.05) is 23.7 Å². The van der Waals surface area contributed by atoms with Crippen LogP contribution in [0.15, 0.2) is 53.5 Å². The summed E-state index contributed by atoms with van der Waals surface area (Å²) in [5, 5.41) is 3.22. The van der Waals surface area contributed by atoms with E-state index < -0.39 is 5.25 Å². The fourth-order valence-corrected chi connectivity index (χ4v) is 4.00. The molecular weight excluding hydrogens is 389 g/mol. The number of nitrogens with one attached hydrogen (secondary N) is 1. The second-order valence-electron chi connectivity index (χ2n) is 5.82. The SMILES string of the molecule is CCN1C(=O)[C@@H](CC(=O)Nc2cccc(Cl)c2)SC1=Nc1ccc(F)cc1. The van der Waals surface area contributed by atoms with Gasteiger partial charge in [-0.25, -0.2) is 9.38 Å². The van der Waals surface area contributed by atoms with Crippen LogP contribution in [0.5, 0.6) is 0 Å². The van der Waals surface area contributed by atoms with Crippen molar-refractivity contribution in [3.05, 3.63) is 59.4 Å². The first-order chi connectivity index (χ1) is 13.0. The Morgan fingerprint density at radius 3 is 2.70 bits per heavy atom. The molecule has 1 atom stereocenters. The lowest BCUT2D eigenvalue weighted by atomic mass is 10.2. The number of nitrogens with zero attached hydrogens (tertiary/aromatic N) is 2. The Labute approximate surface area is 165 Å². The highest BCUT2D eigenvalue weighted by atomic mass is 35.5. The standard InChI is InChI=1S/C19H17ClFN3O2S/c1-2-24-18(26)16(11-17(25)22-15-5-3-4-12(20)10-15)27-19(24)23-14-8-6-13(21)7-9-14/h3-10,16H,2,11H2,1H3,(H,22,25)/t16-/m1/s1. The highest BCUT2D eigenvalue weighted by Crippen LogP contribution is 2.31. The number of hydrogen-bond donors (Lipinski definition) is 1. The smallest absolute Gasteiger partial charge is 0.242 e. The molecule has 2 aromatic rings. The van der Waals surface area contributed by atoms with Gasteiger partial charge in [-0.3, -0.25) is 14.5 Å². The molecule has 0 aliphatic carbocycles. The molecule has 1 heterocycles. The van der Waals surface area contributed by atoms with Crippen molar-refractivity contribution < 1.29 is 14.0 Å². The number of benzene rings is 2. The van der Waals surface area contributed by atoms with Crippen LogP contribution in [-0.2, 0) is 9.59 Å². The van der Waals surface area contributed by atoms with Crippen LogP contribution < -0.4 is 5.32 Å². The first-order valence-electron chi connectivity index (χ1n) is 8.34. The number of amidine groups is 1. The summed E-state index contributed by atoms with van der Waals surface area (Å²) < 4.78 is 13.0. The zero-order valence-corrected chi connectivity index (χ0v) is 16.1. The van der Waals surface area contributed by atoms with E-state index in [9.17, 15) is 14.0 Å². The highest BCUT2D eigenvalue weighted by Gasteiger charge is 2.38. The van der Waals surface area contributed by atoms with Gasteiger partial charge in [-0.2, -0.15) is 0 Å². The molecule has 1 aliphatic heterocycles. The van der Waals surface area contributed by atoms with Crippen LogP contribution in [0.25, 0.3) is 0 Å². The lowest BCUT2D eigenvalue weighted by Crippen LogP contribution is -2.33. The summed E-state index contributed by atoms with van der Waals surface area (Å²) in [4.78, 5) is 30.9. The molecule has 1 saturated heterocycles. The number of carbonyl (C=O) groups is 2. The lowest BCUT2D eigenvalue weighted by Gasteiger charge is -2.13. The minimum absolute atomic E-state index is 0.0228. The van der Waals surface area contributed by atoms with Crippen LogP contribution in [0.4, 0.5) is 15.8 Å². The van der Waals surface area contributed by atoms with E-state index in [1.165, 1.54) is 28.8 Å². The Balaban J connectivity index is 1.70. The molecular formula is C19H17ClFN3O2S. The van der Waals surface area contributed by atoms with Crippen molar-refractivity contribution in [2.45, 2.75) is 18.6 Å². The third kappa shape index (κ3) is 4.87. The molecule has 0 aromatic heterocycles. The van der Waals surface area contributed by atoms with Crippen LogP contribution >= 0.6 is 23.4 Å². The number of rotatable bonds is 5. The summed E-state index contributed by atoms with van der Waals surface area (Å²) in [5.74, 6) is -0.788. The zero-order chi connectivity index (χ0) is 19.4. The Hall–Kier alpha value is -2.38. The van der Waals surface area contributed by atoms with E-state index in [4.69, 9.17) is 11.6 Å². The fourth-order valence-electron chi connectivity index (χ4n) is 2.59. The van der Waals surface area contributed by atoms with E-state index in [-0.39, 0.29) is 24.1 Å². The maximum Gasteiger partial charge on any atom is 0.242 e. The molecule has 0 radical (unpaired) electrons. The van der Waals surface area contributed by atoms with Gasteiger partial charge < -0.3 is 5.32 Å². The van der Waals surface area contributed by atoms with Crippen molar-refractivity contribution in [1.29, 1.82) is 0 Å². The summed E-state index contributed by atoms with van der Waals surface area (Å²) in [7, 11) is 0. The summed E-state index contributed by atoms with van der Waals surface area (Å²) in [5.41, 5.74) is 1.13. The maximum absolute atomic E-state index is 13.0. The molecule has 1 N–H and O–H groups in total. The van der Waals surface area contributed by atoms with Gasteiger partial charge in [-0.1, -0.05) is 29.4 Å². The second kappa shape index (κ2) is 8.54. The second-order valence-corrected chi connectivity index (χ2v) is 7.43. The molecule has 0 spiro atoms. The number of aliphatic imine (C=N–C) groups is 1. The molecule has 3 rings (SSSR count). The summed E-state index contributed by atoms with van der Waals surface area (Å²) in [6, 6.07) is 12.5. The van der Waals surface area contributed by atoms with Crippen molar-refractivity contribution in [2.24, 2.45) is 4.99 Å². The zero-order valence-electron chi connectivity index (χ0n) is 14.5. The topological polar surface area (TPSA) is 61.8 Å². The van der Waals surface area contributed by atoms with Crippen LogP contribution in [0, 0.1) is 5.82 Å². The number of carbonyl (C=O) groups excluding carboxylic acids is 2. The fraction of sp³-hybridized carbons (Fsp3) is 0.211. The molecule has 140 valence electrons. The predicted molar refractivity (Wildman–Crippen MR) is 107 cm³/mol. The van der Waals surface area contributed by atoms with Crippen molar-refractivity contribution in [3.8, 4) is 0 Å². The minimum atomic E-state index is -0.552.